The van der Waals surface area contributed by atoms with E-state index in [-0.39, 0.29) is 11.6 Å². The molecule has 0 spiro atoms. The highest BCUT2D eigenvalue weighted by atomic mass is 35.5. The SMILES string of the molecule is N#Cc1ccc([C@@H]2C3=C(CCCC3=O)O[C@H]2C(=O)c2ccc(Cl)cc2)cc1. The molecule has 2 atom stereocenters. The smallest absolute Gasteiger partial charge is 0.204 e. The van der Waals surface area contributed by atoms with Crippen molar-refractivity contribution >= 4 is 23.2 Å². The van der Waals surface area contributed by atoms with Crippen molar-refractivity contribution in [3.05, 3.63) is 81.6 Å². The number of carbonyl (C=O) groups excluding carboxylic acids is 2. The van der Waals surface area contributed by atoms with Gasteiger partial charge in [0.2, 0.25) is 5.78 Å². The van der Waals surface area contributed by atoms with Crippen molar-refractivity contribution in [3.8, 4) is 6.07 Å². The van der Waals surface area contributed by atoms with Crippen LogP contribution in [0.5, 0.6) is 0 Å². The predicted molar refractivity (Wildman–Crippen MR) is 100 cm³/mol. The Bertz CT molecular complexity index is 984. The van der Waals surface area contributed by atoms with Crippen molar-refractivity contribution in [1.82, 2.24) is 0 Å². The number of nitrogens with zero attached hydrogens (tertiary/aromatic N) is 1. The van der Waals surface area contributed by atoms with E-state index >= 15 is 0 Å². The van der Waals surface area contributed by atoms with Gasteiger partial charge in [0.25, 0.3) is 0 Å². The molecule has 0 saturated carbocycles. The van der Waals surface area contributed by atoms with Crippen LogP contribution in [0, 0.1) is 11.3 Å². The van der Waals surface area contributed by atoms with Gasteiger partial charge < -0.3 is 4.74 Å². The van der Waals surface area contributed by atoms with E-state index in [1.807, 2.05) is 0 Å². The van der Waals surface area contributed by atoms with Gasteiger partial charge in [0.05, 0.1) is 17.6 Å². The molecule has 2 aliphatic rings. The molecule has 0 fully saturated rings. The number of ether oxygens (including phenoxy) is 1. The molecule has 0 amide bonds. The van der Waals surface area contributed by atoms with Crippen molar-refractivity contribution in [2.45, 2.75) is 31.3 Å². The molecule has 2 aromatic rings. The maximum atomic E-state index is 13.2. The second-order valence-corrected chi connectivity index (χ2v) is 7.17. The van der Waals surface area contributed by atoms with Crippen LogP contribution in [0.25, 0.3) is 0 Å². The summed E-state index contributed by atoms with van der Waals surface area (Å²) in [7, 11) is 0. The third-order valence-corrected chi connectivity index (χ3v) is 5.33. The quantitative estimate of drug-likeness (QED) is 0.734. The number of halogens is 1. The van der Waals surface area contributed by atoms with Gasteiger partial charge in [-0.1, -0.05) is 23.7 Å². The molecule has 4 nitrogen and oxygen atoms in total. The molecule has 134 valence electrons. The van der Waals surface area contributed by atoms with Crippen molar-refractivity contribution in [3.63, 3.8) is 0 Å². The van der Waals surface area contributed by atoms with E-state index in [0.29, 0.717) is 40.3 Å². The van der Waals surface area contributed by atoms with E-state index in [2.05, 4.69) is 6.07 Å². The second-order valence-electron chi connectivity index (χ2n) is 6.73. The molecule has 1 aliphatic heterocycles. The van der Waals surface area contributed by atoms with Crippen LogP contribution in [0.2, 0.25) is 5.02 Å². The van der Waals surface area contributed by atoms with Gasteiger partial charge >= 0.3 is 0 Å². The molecule has 2 aromatic carbocycles. The first-order chi connectivity index (χ1) is 13.1. The Labute approximate surface area is 162 Å². The molecule has 4 rings (SSSR count). The van der Waals surface area contributed by atoms with Gasteiger partial charge in [-0.25, -0.2) is 0 Å². The number of allylic oxidation sites excluding steroid dienone is 1. The largest absolute Gasteiger partial charge is 0.485 e. The number of nitriles is 1. The van der Waals surface area contributed by atoms with Crippen molar-refractivity contribution in [2.24, 2.45) is 0 Å². The van der Waals surface area contributed by atoms with Crippen LogP contribution >= 0.6 is 11.6 Å². The number of Topliss-reactive ketones (excluding diaryl/α,β-unsaturated/α-hetero) is 2. The molecule has 27 heavy (non-hydrogen) atoms. The van der Waals surface area contributed by atoms with Crippen LogP contribution < -0.4 is 0 Å². The summed E-state index contributed by atoms with van der Waals surface area (Å²) in [5.74, 6) is 0.0388. The Morgan fingerprint density at radius 3 is 2.44 bits per heavy atom. The van der Waals surface area contributed by atoms with E-state index < -0.39 is 12.0 Å². The second kappa shape index (κ2) is 7.02. The molecule has 0 unspecified atom stereocenters. The van der Waals surface area contributed by atoms with Crippen molar-refractivity contribution < 1.29 is 14.3 Å². The average Bonchev–Trinajstić information content (AvgIpc) is 3.09. The number of hydrogen-bond acceptors (Lipinski definition) is 4. The van der Waals surface area contributed by atoms with Crippen LogP contribution in [0.4, 0.5) is 0 Å². The molecule has 0 bridgehead atoms. The summed E-state index contributed by atoms with van der Waals surface area (Å²) in [5, 5.41) is 9.58. The maximum Gasteiger partial charge on any atom is 0.204 e. The van der Waals surface area contributed by atoms with E-state index in [1.165, 1.54) is 0 Å². The molecule has 1 heterocycles. The standard InChI is InChI=1S/C22H16ClNO3/c23-16-10-8-15(9-11-16)21(26)22-19(14-6-4-13(12-24)5-7-14)20-17(25)2-1-3-18(20)27-22/h4-11,19,22H,1-3H2/t19-,22-/m1/s1. The van der Waals surface area contributed by atoms with Gasteiger partial charge in [0.1, 0.15) is 5.76 Å². The molecule has 0 N–H and O–H groups in total. The summed E-state index contributed by atoms with van der Waals surface area (Å²) in [6.07, 6.45) is 1.08. The molecular weight excluding hydrogens is 362 g/mol. The van der Waals surface area contributed by atoms with Gasteiger partial charge in [-0.15, -0.1) is 0 Å². The van der Waals surface area contributed by atoms with Gasteiger partial charge in [0.15, 0.2) is 11.9 Å². The van der Waals surface area contributed by atoms with Crippen molar-refractivity contribution in [2.75, 3.05) is 0 Å². The Balaban J connectivity index is 1.76. The lowest BCUT2D eigenvalue weighted by atomic mass is 9.80. The first kappa shape index (κ1) is 17.5. The summed E-state index contributed by atoms with van der Waals surface area (Å²) in [6, 6.07) is 15.8. The number of rotatable bonds is 3. The minimum atomic E-state index is -0.786. The minimum Gasteiger partial charge on any atom is -0.485 e. The number of carbonyl (C=O) groups is 2. The van der Waals surface area contributed by atoms with Crippen LogP contribution in [-0.4, -0.2) is 17.7 Å². The number of ketones is 2. The Morgan fingerprint density at radius 1 is 1.07 bits per heavy atom. The highest BCUT2D eigenvalue weighted by molar-refractivity contribution is 6.30. The van der Waals surface area contributed by atoms with Crippen LogP contribution in [0.1, 0.15) is 46.7 Å². The zero-order chi connectivity index (χ0) is 19.0. The number of hydrogen-bond donors (Lipinski definition) is 0. The Kier molecular flexibility index (Phi) is 4.55. The fourth-order valence-corrected chi connectivity index (χ4v) is 3.89. The minimum absolute atomic E-state index is 0.0389. The molecule has 0 radical (unpaired) electrons. The Hall–Kier alpha value is -2.90. The molecule has 1 aliphatic carbocycles. The topological polar surface area (TPSA) is 67.2 Å². The van der Waals surface area contributed by atoms with Crippen LogP contribution in [-0.2, 0) is 9.53 Å². The lowest BCUT2D eigenvalue weighted by molar-refractivity contribution is -0.116. The molecule has 5 heteroatoms. The zero-order valence-corrected chi connectivity index (χ0v) is 15.2. The van der Waals surface area contributed by atoms with Crippen LogP contribution in [0.3, 0.4) is 0 Å². The maximum absolute atomic E-state index is 13.2. The fourth-order valence-electron chi connectivity index (χ4n) is 3.77. The fraction of sp³-hybridized carbons (Fsp3) is 0.227. The summed E-state index contributed by atoms with van der Waals surface area (Å²) in [6.45, 7) is 0. The predicted octanol–water partition coefficient (Wildman–Crippen LogP) is 4.58. The zero-order valence-electron chi connectivity index (χ0n) is 14.4. The molecule has 0 aromatic heterocycles. The normalized spacial score (nSPS) is 21.4. The highest BCUT2D eigenvalue weighted by Gasteiger charge is 2.45. The lowest BCUT2D eigenvalue weighted by Gasteiger charge is -2.20. The lowest BCUT2D eigenvalue weighted by Crippen LogP contribution is -2.28. The first-order valence-electron chi connectivity index (χ1n) is 8.81. The number of benzene rings is 2. The monoisotopic (exact) mass is 377 g/mol. The van der Waals surface area contributed by atoms with E-state index in [9.17, 15) is 9.59 Å². The molecular formula is C22H16ClNO3. The third kappa shape index (κ3) is 3.15. The van der Waals surface area contributed by atoms with E-state index in [1.54, 1.807) is 48.5 Å². The van der Waals surface area contributed by atoms with E-state index in [0.717, 1.165) is 12.0 Å². The average molecular weight is 378 g/mol. The molecule has 0 saturated heterocycles. The van der Waals surface area contributed by atoms with Crippen LogP contribution in [0.15, 0.2) is 59.9 Å². The highest BCUT2D eigenvalue weighted by Crippen LogP contribution is 2.45. The summed E-state index contributed by atoms with van der Waals surface area (Å²) in [4.78, 5) is 25.8. The van der Waals surface area contributed by atoms with Crippen molar-refractivity contribution in [1.29, 1.82) is 5.26 Å². The summed E-state index contributed by atoms with van der Waals surface area (Å²) in [5.41, 5.74) is 2.44. The third-order valence-electron chi connectivity index (χ3n) is 5.08. The Morgan fingerprint density at radius 2 is 1.78 bits per heavy atom. The summed E-state index contributed by atoms with van der Waals surface area (Å²) >= 11 is 5.93. The van der Waals surface area contributed by atoms with Gasteiger partial charge in [-0.3, -0.25) is 9.59 Å². The first-order valence-corrected chi connectivity index (χ1v) is 9.19. The van der Waals surface area contributed by atoms with Gasteiger partial charge in [0, 0.05) is 29.0 Å². The van der Waals surface area contributed by atoms with E-state index in [4.69, 9.17) is 21.6 Å². The van der Waals surface area contributed by atoms with Gasteiger partial charge in [-0.05, 0) is 48.4 Å². The summed E-state index contributed by atoms with van der Waals surface area (Å²) < 4.78 is 6.02. The van der Waals surface area contributed by atoms with Gasteiger partial charge in [-0.2, -0.15) is 5.26 Å².